The summed E-state index contributed by atoms with van der Waals surface area (Å²) in [5, 5.41) is 2.71. The number of nitrogens with zero attached hydrogens (tertiary/aromatic N) is 1. The molecule has 3 aromatic rings. The van der Waals surface area contributed by atoms with Crippen LogP contribution in [0.2, 0.25) is 0 Å². The fraction of sp³-hybridized carbons (Fsp3) is 0.370. The van der Waals surface area contributed by atoms with Crippen molar-refractivity contribution in [3.05, 3.63) is 77.6 Å². The molecule has 4 rings (SSSR count). The Morgan fingerprint density at radius 3 is 2.26 bits per heavy atom. The highest BCUT2D eigenvalue weighted by Gasteiger charge is 2.26. The summed E-state index contributed by atoms with van der Waals surface area (Å²) in [6.07, 6.45) is 4.67. The van der Waals surface area contributed by atoms with E-state index in [0.717, 1.165) is 42.8 Å². The van der Waals surface area contributed by atoms with Gasteiger partial charge in [-0.3, -0.25) is 9.69 Å². The predicted molar refractivity (Wildman–Crippen MR) is 133 cm³/mol. The number of carbonyl (C=O) groups excluding carboxylic acids is 1. The number of benzene rings is 2. The molecule has 2 aromatic carbocycles. The molecule has 0 radical (unpaired) electrons. The van der Waals surface area contributed by atoms with Gasteiger partial charge in [0, 0.05) is 6.54 Å². The van der Waals surface area contributed by atoms with Crippen LogP contribution in [0, 0.1) is 6.92 Å². The summed E-state index contributed by atoms with van der Waals surface area (Å²) in [4.78, 5) is 15.5. The van der Waals surface area contributed by atoms with Crippen LogP contribution in [0.5, 0.6) is 5.75 Å². The van der Waals surface area contributed by atoms with Crippen molar-refractivity contribution >= 4 is 15.7 Å². The Hall–Kier alpha value is -3.10. The van der Waals surface area contributed by atoms with E-state index in [4.69, 9.17) is 9.15 Å². The molecule has 0 spiro atoms. The maximum atomic E-state index is 12.9. The molecule has 0 bridgehead atoms. The number of rotatable bonds is 8. The van der Waals surface area contributed by atoms with Crippen molar-refractivity contribution in [2.24, 2.45) is 0 Å². The first kappa shape index (κ1) is 25.0. The molecule has 1 N–H and O–H groups in total. The van der Waals surface area contributed by atoms with Gasteiger partial charge in [-0.1, -0.05) is 42.7 Å². The zero-order valence-corrected chi connectivity index (χ0v) is 21.0. The molecule has 1 aliphatic rings. The van der Waals surface area contributed by atoms with Crippen LogP contribution in [0.3, 0.4) is 0 Å². The van der Waals surface area contributed by atoms with Crippen LogP contribution in [0.15, 0.2) is 75.1 Å². The number of sulfone groups is 1. The van der Waals surface area contributed by atoms with Gasteiger partial charge in [0.15, 0.2) is 5.76 Å². The topological polar surface area (TPSA) is 88.8 Å². The van der Waals surface area contributed by atoms with Crippen molar-refractivity contribution in [3.8, 4) is 5.75 Å². The normalized spacial score (nSPS) is 15.8. The number of likely N-dealkylation sites (tertiary alicyclic amines) is 1. The summed E-state index contributed by atoms with van der Waals surface area (Å²) in [6, 6.07) is 17.2. The largest absolute Gasteiger partial charge is 0.497 e. The van der Waals surface area contributed by atoms with Crippen molar-refractivity contribution in [2.75, 3.05) is 26.7 Å². The highest BCUT2D eigenvalue weighted by atomic mass is 32.2. The number of aryl methyl sites for hydroxylation is 1. The number of methoxy groups -OCH3 is 1. The third-order valence-corrected chi connectivity index (χ3v) is 8.08. The van der Waals surface area contributed by atoms with Crippen LogP contribution < -0.4 is 10.1 Å². The van der Waals surface area contributed by atoms with E-state index in [9.17, 15) is 13.2 Å². The minimum Gasteiger partial charge on any atom is -0.497 e. The monoisotopic (exact) mass is 496 g/mol. The lowest BCUT2D eigenvalue weighted by Gasteiger charge is -2.31. The second-order valence-corrected chi connectivity index (χ2v) is 10.8. The highest BCUT2D eigenvalue weighted by molar-refractivity contribution is 7.91. The molecule has 1 fully saturated rings. The third-order valence-electron chi connectivity index (χ3n) is 6.44. The van der Waals surface area contributed by atoms with Gasteiger partial charge in [0.25, 0.3) is 5.91 Å². The number of hydrogen-bond acceptors (Lipinski definition) is 6. The molecule has 2 heterocycles. The molecule has 0 aliphatic carbocycles. The van der Waals surface area contributed by atoms with Gasteiger partial charge in [-0.25, -0.2) is 8.42 Å². The maximum Gasteiger partial charge on any atom is 0.287 e. The average Bonchev–Trinajstić information content (AvgIpc) is 3.23. The van der Waals surface area contributed by atoms with Crippen molar-refractivity contribution in [1.82, 2.24) is 10.2 Å². The Balaban J connectivity index is 1.49. The molecule has 186 valence electrons. The van der Waals surface area contributed by atoms with Crippen molar-refractivity contribution in [1.29, 1.82) is 0 Å². The van der Waals surface area contributed by atoms with Crippen LogP contribution in [0.1, 0.15) is 53.4 Å². The van der Waals surface area contributed by atoms with Crippen molar-refractivity contribution in [3.63, 3.8) is 0 Å². The lowest BCUT2D eigenvalue weighted by Crippen LogP contribution is -2.38. The number of amides is 1. The van der Waals surface area contributed by atoms with Crippen molar-refractivity contribution < 1.29 is 22.4 Å². The molecule has 0 saturated carbocycles. The van der Waals surface area contributed by atoms with E-state index in [1.54, 1.807) is 19.2 Å². The summed E-state index contributed by atoms with van der Waals surface area (Å²) in [6.45, 7) is 4.20. The number of ether oxygens (including phenoxy) is 1. The number of carbonyl (C=O) groups is 1. The summed E-state index contributed by atoms with van der Waals surface area (Å²) in [7, 11) is -2.20. The van der Waals surface area contributed by atoms with E-state index in [1.807, 2.05) is 31.2 Å². The summed E-state index contributed by atoms with van der Waals surface area (Å²) >= 11 is 0. The van der Waals surface area contributed by atoms with Crippen LogP contribution in [-0.4, -0.2) is 46.0 Å². The molecule has 7 nitrogen and oxygen atoms in total. The average molecular weight is 497 g/mol. The Bertz CT molecular complexity index is 1230. The van der Waals surface area contributed by atoms with E-state index in [1.165, 1.54) is 37.1 Å². The van der Waals surface area contributed by atoms with Crippen LogP contribution in [0.4, 0.5) is 0 Å². The molecule has 35 heavy (non-hydrogen) atoms. The first-order valence-corrected chi connectivity index (χ1v) is 13.4. The van der Waals surface area contributed by atoms with Gasteiger partial charge in [0.05, 0.1) is 18.0 Å². The highest BCUT2D eigenvalue weighted by Crippen LogP contribution is 2.27. The van der Waals surface area contributed by atoms with E-state index in [2.05, 4.69) is 10.2 Å². The van der Waals surface area contributed by atoms with E-state index < -0.39 is 15.7 Å². The lowest BCUT2D eigenvalue weighted by molar-refractivity contribution is 0.0900. The van der Waals surface area contributed by atoms with Crippen molar-refractivity contribution in [2.45, 2.75) is 48.6 Å². The molecule has 1 saturated heterocycles. The standard InChI is InChI=1S/C27H32N2O5S/c1-20-7-13-23(14-8-20)35(31,32)26-16-15-25(34-26)27(30)28-19-24(29-17-5-3-4-6-18-29)21-9-11-22(33-2)12-10-21/h7-16,24H,3-6,17-19H2,1-2H3,(H,28,30). The lowest BCUT2D eigenvalue weighted by atomic mass is 10.0. The van der Waals surface area contributed by atoms with Gasteiger partial charge in [-0.2, -0.15) is 0 Å². The predicted octanol–water partition coefficient (Wildman–Crippen LogP) is 4.78. The van der Waals surface area contributed by atoms with Gasteiger partial charge >= 0.3 is 0 Å². The fourth-order valence-electron chi connectivity index (χ4n) is 4.39. The van der Waals surface area contributed by atoms with E-state index in [-0.39, 0.29) is 21.8 Å². The minimum atomic E-state index is -3.84. The molecular formula is C27H32N2O5S. The van der Waals surface area contributed by atoms with E-state index in [0.29, 0.717) is 6.54 Å². The number of hydrogen-bond donors (Lipinski definition) is 1. The second-order valence-electron chi connectivity index (χ2n) is 8.88. The summed E-state index contributed by atoms with van der Waals surface area (Å²) < 4.78 is 36.6. The van der Waals surface area contributed by atoms with Gasteiger partial charge in [-0.05, 0) is 74.8 Å². The van der Waals surface area contributed by atoms with E-state index >= 15 is 0 Å². The molecule has 1 aliphatic heterocycles. The van der Waals surface area contributed by atoms with Gasteiger partial charge in [0.1, 0.15) is 5.75 Å². The molecule has 8 heteroatoms. The quantitative estimate of drug-likeness (QED) is 0.483. The van der Waals surface area contributed by atoms with Crippen LogP contribution in [-0.2, 0) is 9.84 Å². The van der Waals surface area contributed by atoms with Gasteiger partial charge in [-0.15, -0.1) is 0 Å². The molecule has 1 amide bonds. The maximum absolute atomic E-state index is 12.9. The first-order valence-electron chi connectivity index (χ1n) is 12.0. The molecule has 1 aromatic heterocycles. The zero-order chi connectivity index (χ0) is 24.8. The fourth-order valence-corrected chi connectivity index (χ4v) is 5.56. The summed E-state index contributed by atoms with van der Waals surface area (Å²) in [5.74, 6) is 0.314. The smallest absolute Gasteiger partial charge is 0.287 e. The van der Waals surface area contributed by atoms with Crippen LogP contribution >= 0.6 is 0 Å². The molecular weight excluding hydrogens is 464 g/mol. The second kappa shape index (κ2) is 11.1. The third kappa shape index (κ3) is 5.94. The zero-order valence-electron chi connectivity index (χ0n) is 20.2. The first-order chi connectivity index (χ1) is 16.9. The minimum absolute atomic E-state index is 0.00585. The molecule has 1 atom stereocenters. The van der Waals surface area contributed by atoms with Crippen LogP contribution in [0.25, 0.3) is 0 Å². The Morgan fingerprint density at radius 2 is 1.63 bits per heavy atom. The Morgan fingerprint density at radius 1 is 0.971 bits per heavy atom. The number of furan rings is 1. The SMILES string of the molecule is COc1ccc(C(CNC(=O)c2ccc(S(=O)(=O)c3ccc(C)cc3)o2)N2CCCCCC2)cc1. The Kier molecular flexibility index (Phi) is 7.93. The molecule has 1 unspecified atom stereocenters. The summed E-state index contributed by atoms with van der Waals surface area (Å²) in [5.41, 5.74) is 2.05. The van der Waals surface area contributed by atoms with Gasteiger partial charge in [0.2, 0.25) is 14.9 Å². The van der Waals surface area contributed by atoms with Gasteiger partial charge < -0.3 is 14.5 Å². The number of nitrogens with one attached hydrogen (secondary N) is 1. The Labute approximate surface area is 207 Å².